The van der Waals surface area contributed by atoms with Crippen LogP contribution in [0.3, 0.4) is 0 Å². The molecule has 3 aromatic rings. The molecule has 0 aliphatic heterocycles. The van der Waals surface area contributed by atoms with Crippen molar-refractivity contribution in [1.29, 1.82) is 0 Å². The minimum atomic E-state index is -1.02. The maximum atomic E-state index is 11.4. The van der Waals surface area contributed by atoms with Gasteiger partial charge >= 0.3 is 5.97 Å². The Balaban J connectivity index is 0.00000385. The van der Waals surface area contributed by atoms with Crippen molar-refractivity contribution in [3.8, 4) is 16.9 Å². The van der Waals surface area contributed by atoms with E-state index >= 15 is 0 Å². The zero-order valence-corrected chi connectivity index (χ0v) is 19.4. The van der Waals surface area contributed by atoms with E-state index < -0.39 is 12.1 Å². The van der Waals surface area contributed by atoms with Crippen molar-refractivity contribution in [1.82, 2.24) is 5.32 Å². The van der Waals surface area contributed by atoms with Crippen LogP contribution in [-0.4, -0.2) is 35.4 Å². The molecule has 0 amide bonds. The van der Waals surface area contributed by atoms with E-state index in [-0.39, 0.29) is 30.6 Å². The molecule has 0 fully saturated rings. The number of carboxylic acids is 1. The van der Waals surface area contributed by atoms with Gasteiger partial charge in [0, 0.05) is 12.6 Å². The molecule has 0 radical (unpaired) electrons. The van der Waals surface area contributed by atoms with Crippen LogP contribution in [0.2, 0.25) is 0 Å². The number of aliphatic hydroxyl groups is 1. The summed E-state index contributed by atoms with van der Waals surface area (Å²) in [6.45, 7) is 6.44. The van der Waals surface area contributed by atoms with Crippen LogP contribution in [0.15, 0.2) is 85.5 Å². The van der Waals surface area contributed by atoms with Gasteiger partial charge in [0.1, 0.15) is 17.9 Å². The van der Waals surface area contributed by atoms with Crippen molar-refractivity contribution < 1.29 is 19.7 Å². The smallest absolute Gasteiger partial charge is 0.339 e. The molecular weight excluding hydrogens is 438 g/mol. The first-order chi connectivity index (χ1) is 15.5. The molecule has 3 rings (SSSR count). The summed E-state index contributed by atoms with van der Waals surface area (Å²) in [4.78, 5) is 11.4. The average molecular weight is 468 g/mol. The van der Waals surface area contributed by atoms with E-state index in [1.165, 1.54) is 5.56 Å². The molecule has 2 atom stereocenters. The first kappa shape index (κ1) is 26.1. The number of hydrogen-bond donors (Lipinski definition) is 3. The lowest BCUT2D eigenvalue weighted by Gasteiger charge is -2.18. The highest BCUT2D eigenvalue weighted by Gasteiger charge is 2.13. The molecular formula is C27H30ClNO4. The summed E-state index contributed by atoms with van der Waals surface area (Å²) in [5.41, 5.74) is 4.08. The standard InChI is InChI=1S/C27H29NO4.ClH/c1-3-15-32-26-17-23(13-14-24(26)27(30)31)21-11-9-20(10-12-21)16-19(2)28-18-25(29)22-7-5-4-6-8-22;/h3-14,17,19,25,28-29H,1,15-16,18H2,2H3,(H,30,31);1H/t19-,25+;/m1./s1. The SMILES string of the molecule is C=CCOc1cc(-c2ccc(C[C@@H](C)NC[C@H](O)c3ccccc3)cc2)ccc1C(=O)O.Cl. The first-order valence-corrected chi connectivity index (χ1v) is 10.6. The number of aromatic carboxylic acids is 1. The van der Waals surface area contributed by atoms with Crippen molar-refractivity contribution in [2.24, 2.45) is 0 Å². The zero-order chi connectivity index (χ0) is 22.9. The van der Waals surface area contributed by atoms with Crippen molar-refractivity contribution in [3.05, 3.63) is 102 Å². The van der Waals surface area contributed by atoms with Gasteiger partial charge in [-0.05, 0) is 47.7 Å². The van der Waals surface area contributed by atoms with Gasteiger partial charge in [0.15, 0.2) is 0 Å². The highest BCUT2D eigenvalue weighted by atomic mass is 35.5. The van der Waals surface area contributed by atoms with Crippen LogP contribution in [0, 0.1) is 0 Å². The molecule has 0 saturated carbocycles. The van der Waals surface area contributed by atoms with Gasteiger partial charge in [0.2, 0.25) is 0 Å². The Morgan fingerprint density at radius 2 is 1.73 bits per heavy atom. The monoisotopic (exact) mass is 467 g/mol. The number of benzene rings is 3. The molecule has 33 heavy (non-hydrogen) atoms. The van der Waals surface area contributed by atoms with Crippen molar-refractivity contribution in [2.45, 2.75) is 25.5 Å². The van der Waals surface area contributed by atoms with Gasteiger partial charge in [-0.3, -0.25) is 0 Å². The van der Waals surface area contributed by atoms with E-state index in [1.54, 1.807) is 24.3 Å². The third kappa shape index (κ3) is 7.46. The molecule has 0 unspecified atom stereocenters. The minimum Gasteiger partial charge on any atom is -0.489 e. The van der Waals surface area contributed by atoms with Crippen LogP contribution in [0.4, 0.5) is 0 Å². The molecule has 6 heteroatoms. The van der Waals surface area contributed by atoms with Gasteiger partial charge in [0.25, 0.3) is 0 Å². The van der Waals surface area contributed by atoms with Gasteiger partial charge in [-0.25, -0.2) is 4.79 Å². The Kier molecular flexibility index (Phi) is 10.1. The number of hydrogen-bond acceptors (Lipinski definition) is 4. The van der Waals surface area contributed by atoms with Crippen LogP contribution >= 0.6 is 12.4 Å². The average Bonchev–Trinajstić information content (AvgIpc) is 2.82. The number of aliphatic hydroxyl groups excluding tert-OH is 1. The molecule has 0 aliphatic rings. The second kappa shape index (κ2) is 12.8. The third-order valence-corrected chi connectivity index (χ3v) is 5.24. The molecule has 0 aliphatic carbocycles. The molecule has 0 heterocycles. The second-order valence-corrected chi connectivity index (χ2v) is 7.75. The maximum Gasteiger partial charge on any atom is 0.339 e. The lowest BCUT2D eigenvalue weighted by atomic mass is 9.99. The maximum absolute atomic E-state index is 11.4. The molecule has 3 aromatic carbocycles. The summed E-state index contributed by atoms with van der Waals surface area (Å²) in [5, 5.41) is 23.1. The Morgan fingerprint density at radius 1 is 1.06 bits per heavy atom. The van der Waals surface area contributed by atoms with Gasteiger partial charge in [-0.1, -0.05) is 73.3 Å². The normalized spacial score (nSPS) is 12.3. The lowest BCUT2D eigenvalue weighted by Crippen LogP contribution is -2.32. The highest BCUT2D eigenvalue weighted by molar-refractivity contribution is 5.92. The topological polar surface area (TPSA) is 78.8 Å². The van der Waals surface area contributed by atoms with Gasteiger partial charge < -0.3 is 20.3 Å². The fourth-order valence-corrected chi connectivity index (χ4v) is 3.51. The third-order valence-electron chi connectivity index (χ3n) is 5.24. The number of rotatable bonds is 11. The Hall–Kier alpha value is -3.12. The van der Waals surface area contributed by atoms with E-state index in [9.17, 15) is 15.0 Å². The predicted octanol–water partition coefficient (Wildman–Crippen LogP) is 5.29. The quantitative estimate of drug-likeness (QED) is 0.334. The number of nitrogens with one attached hydrogen (secondary N) is 1. The molecule has 0 bridgehead atoms. The van der Waals surface area contributed by atoms with Gasteiger partial charge in [0.05, 0.1) is 6.10 Å². The Morgan fingerprint density at radius 3 is 2.36 bits per heavy atom. The Bertz CT molecular complexity index is 1040. The summed E-state index contributed by atoms with van der Waals surface area (Å²) in [6, 6.07) is 23.1. The molecule has 0 saturated heterocycles. The number of carboxylic acid groups (broad SMARTS) is 1. The van der Waals surface area contributed by atoms with Crippen LogP contribution in [0.5, 0.6) is 5.75 Å². The molecule has 3 N–H and O–H groups in total. The second-order valence-electron chi connectivity index (χ2n) is 7.75. The van der Waals surface area contributed by atoms with E-state index in [1.807, 2.05) is 42.5 Å². The number of halogens is 1. The van der Waals surface area contributed by atoms with Crippen LogP contribution in [0.25, 0.3) is 11.1 Å². The summed E-state index contributed by atoms with van der Waals surface area (Å²) < 4.78 is 5.54. The first-order valence-electron chi connectivity index (χ1n) is 10.6. The van der Waals surface area contributed by atoms with E-state index in [2.05, 4.69) is 31.0 Å². The predicted molar refractivity (Wildman–Crippen MR) is 134 cm³/mol. The highest BCUT2D eigenvalue weighted by Crippen LogP contribution is 2.28. The van der Waals surface area contributed by atoms with Gasteiger partial charge in [-0.2, -0.15) is 0 Å². The number of ether oxygens (including phenoxy) is 1. The molecule has 5 nitrogen and oxygen atoms in total. The van der Waals surface area contributed by atoms with Crippen LogP contribution in [0.1, 0.15) is 34.5 Å². The lowest BCUT2D eigenvalue weighted by molar-refractivity contribution is 0.0693. The van der Waals surface area contributed by atoms with E-state index in [0.717, 1.165) is 23.1 Å². The van der Waals surface area contributed by atoms with Crippen LogP contribution in [-0.2, 0) is 6.42 Å². The molecule has 0 spiro atoms. The Labute approximate surface area is 201 Å². The fraction of sp³-hybridized carbons (Fsp3) is 0.222. The van der Waals surface area contributed by atoms with Gasteiger partial charge in [-0.15, -0.1) is 12.4 Å². The van der Waals surface area contributed by atoms with E-state index in [4.69, 9.17) is 4.74 Å². The zero-order valence-electron chi connectivity index (χ0n) is 18.6. The fourth-order valence-electron chi connectivity index (χ4n) is 3.51. The molecule has 0 aromatic heterocycles. The van der Waals surface area contributed by atoms with Crippen molar-refractivity contribution in [2.75, 3.05) is 13.2 Å². The van der Waals surface area contributed by atoms with Crippen LogP contribution < -0.4 is 10.1 Å². The molecule has 174 valence electrons. The summed E-state index contributed by atoms with van der Waals surface area (Å²) >= 11 is 0. The summed E-state index contributed by atoms with van der Waals surface area (Å²) in [6.07, 6.45) is 1.88. The van der Waals surface area contributed by atoms with Crippen molar-refractivity contribution in [3.63, 3.8) is 0 Å². The minimum absolute atomic E-state index is 0. The number of carbonyl (C=O) groups is 1. The largest absolute Gasteiger partial charge is 0.489 e. The summed E-state index contributed by atoms with van der Waals surface area (Å²) in [7, 11) is 0. The summed E-state index contributed by atoms with van der Waals surface area (Å²) in [5.74, 6) is -0.696. The van der Waals surface area contributed by atoms with Crippen molar-refractivity contribution >= 4 is 18.4 Å². The van der Waals surface area contributed by atoms with E-state index in [0.29, 0.717) is 12.3 Å².